The highest BCUT2D eigenvalue weighted by Crippen LogP contribution is 1.91. The van der Waals surface area contributed by atoms with Gasteiger partial charge in [0.2, 0.25) is 0 Å². The molecule has 0 heterocycles. The second kappa shape index (κ2) is 6.30. The molecule has 0 aromatic carbocycles. The molecule has 3 N–H and O–H groups in total. The van der Waals surface area contributed by atoms with Gasteiger partial charge in [-0.1, -0.05) is 6.08 Å². The normalized spacial score (nSPS) is 17.1. The lowest BCUT2D eigenvalue weighted by Crippen LogP contribution is -2.23. The maximum atomic E-state index is 8.89. The quantitative estimate of drug-likeness (QED) is 0.367. The number of hydrogen-bond acceptors (Lipinski definition) is 4. The number of rotatable bonds is 5. The molecule has 0 amide bonds. The van der Waals surface area contributed by atoms with Gasteiger partial charge in [0.25, 0.3) is 0 Å². The van der Waals surface area contributed by atoms with Gasteiger partial charge in [-0.15, -0.1) is 0 Å². The number of hydrogen-bond donors (Lipinski definition) is 3. The van der Waals surface area contributed by atoms with Crippen LogP contribution in [0.4, 0.5) is 0 Å². The van der Waals surface area contributed by atoms with Crippen molar-refractivity contribution in [3.63, 3.8) is 0 Å². The summed E-state index contributed by atoms with van der Waals surface area (Å²) in [4.78, 5) is 0. The first kappa shape index (κ1) is 10.6. The molecule has 0 bridgehead atoms. The summed E-state index contributed by atoms with van der Waals surface area (Å²) in [5.41, 5.74) is 0. The first-order chi connectivity index (χ1) is 5.20. The third-order valence-electron chi connectivity index (χ3n) is 1.03. The molecule has 2 unspecified atom stereocenters. The van der Waals surface area contributed by atoms with Crippen LogP contribution in [-0.4, -0.2) is 40.9 Å². The van der Waals surface area contributed by atoms with Crippen molar-refractivity contribution in [2.24, 2.45) is 0 Å². The Kier molecular flexibility index (Phi) is 6.06. The number of ether oxygens (including phenoxy) is 1. The molecular formula is C7H14O4. The second-order valence-electron chi connectivity index (χ2n) is 2.09. The molecule has 4 heteroatoms. The van der Waals surface area contributed by atoms with Crippen LogP contribution in [-0.2, 0) is 4.74 Å². The number of aliphatic hydroxyl groups is 3. The minimum Gasteiger partial charge on any atom is -0.394 e. The van der Waals surface area contributed by atoms with E-state index in [9.17, 15) is 0 Å². The molecular weight excluding hydrogens is 148 g/mol. The Morgan fingerprint density at radius 3 is 2.55 bits per heavy atom. The number of aliphatic hydroxyl groups excluding tert-OH is 3. The minimum absolute atomic E-state index is 0.0675. The Morgan fingerprint density at radius 1 is 1.45 bits per heavy atom. The molecule has 0 saturated heterocycles. The molecule has 2 atom stereocenters. The first-order valence-electron chi connectivity index (χ1n) is 3.42. The lowest BCUT2D eigenvalue weighted by Gasteiger charge is -2.10. The molecule has 0 fully saturated rings. The van der Waals surface area contributed by atoms with Crippen molar-refractivity contribution < 1.29 is 20.1 Å². The van der Waals surface area contributed by atoms with E-state index in [0.717, 1.165) is 0 Å². The first-order valence-corrected chi connectivity index (χ1v) is 3.42. The van der Waals surface area contributed by atoms with E-state index < -0.39 is 12.4 Å². The Balaban J connectivity index is 3.37. The molecule has 0 aromatic heterocycles. The Morgan fingerprint density at radius 2 is 2.09 bits per heavy atom. The predicted molar refractivity (Wildman–Crippen MR) is 39.9 cm³/mol. The Hall–Kier alpha value is -0.420. The van der Waals surface area contributed by atoms with E-state index in [0.29, 0.717) is 0 Å². The van der Waals surface area contributed by atoms with Gasteiger partial charge in [-0.2, -0.15) is 0 Å². The summed E-state index contributed by atoms with van der Waals surface area (Å²) in [6.45, 7) is 1.32. The third kappa shape index (κ3) is 6.00. The van der Waals surface area contributed by atoms with E-state index in [-0.39, 0.29) is 13.2 Å². The predicted octanol–water partition coefficient (Wildman–Crippen LogP) is -0.749. The lowest BCUT2D eigenvalue weighted by molar-refractivity contribution is -0.0985. The van der Waals surface area contributed by atoms with Gasteiger partial charge in [0.05, 0.1) is 13.2 Å². The van der Waals surface area contributed by atoms with E-state index >= 15 is 0 Å². The van der Waals surface area contributed by atoms with Gasteiger partial charge in [0, 0.05) is 0 Å². The fourth-order valence-electron chi connectivity index (χ4n) is 0.483. The van der Waals surface area contributed by atoms with Gasteiger partial charge >= 0.3 is 0 Å². The summed E-state index contributed by atoms with van der Waals surface area (Å²) in [6.07, 6.45) is 1.15. The molecule has 0 aliphatic carbocycles. The van der Waals surface area contributed by atoms with Crippen LogP contribution in [0.15, 0.2) is 12.2 Å². The molecule has 0 aliphatic heterocycles. The second-order valence-corrected chi connectivity index (χ2v) is 2.09. The highest BCUT2D eigenvalue weighted by Gasteiger charge is 2.04. The zero-order valence-electron chi connectivity index (χ0n) is 6.47. The maximum absolute atomic E-state index is 8.89. The monoisotopic (exact) mass is 162 g/mol. The van der Waals surface area contributed by atoms with E-state index in [1.807, 2.05) is 0 Å². The maximum Gasteiger partial charge on any atom is 0.174 e. The smallest absolute Gasteiger partial charge is 0.174 e. The highest BCUT2D eigenvalue weighted by molar-refractivity contribution is 4.79. The Labute approximate surface area is 65.7 Å². The molecule has 11 heavy (non-hydrogen) atoms. The van der Waals surface area contributed by atoms with Gasteiger partial charge in [-0.05, 0) is 13.0 Å². The van der Waals surface area contributed by atoms with Crippen LogP contribution in [0.1, 0.15) is 6.92 Å². The van der Waals surface area contributed by atoms with Crippen molar-refractivity contribution in [1.29, 1.82) is 0 Å². The minimum atomic E-state index is -0.999. The molecule has 0 aromatic rings. The fraction of sp³-hybridized carbons (Fsp3) is 0.714. The zero-order chi connectivity index (χ0) is 8.69. The zero-order valence-corrected chi connectivity index (χ0v) is 6.47. The summed E-state index contributed by atoms with van der Waals surface area (Å²) in [6, 6.07) is 0. The van der Waals surface area contributed by atoms with Crippen molar-refractivity contribution >= 4 is 0 Å². The van der Waals surface area contributed by atoms with Gasteiger partial charge in [-0.3, -0.25) is 0 Å². The third-order valence-corrected chi connectivity index (χ3v) is 1.03. The van der Waals surface area contributed by atoms with Gasteiger partial charge in [0.15, 0.2) is 6.29 Å². The molecule has 0 aliphatic rings. The molecule has 0 saturated carbocycles. The summed E-state index contributed by atoms with van der Waals surface area (Å²) in [5, 5.41) is 26.0. The molecule has 66 valence electrons. The molecule has 0 radical (unpaired) electrons. The fourth-order valence-corrected chi connectivity index (χ4v) is 0.483. The van der Waals surface area contributed by atoms with E-state index in [1.54, 1.807) is 13.0 Å². The summed E-state index contributed by atoms with van der Waals surface area (Å²) in [7, 11) is 0. The van der Waals surface area contributed by atoms with Crippen LogP contribution >= 0.6 is 0 Å². The van der Waals surface area contributed by atoms with Gasteiger partial charge in [-0.25, -0.2) is 0 Å². The van der Waals surface area contributed by atoms with Crippen molar-refractivity contribution in [2.45, 2.75) is 19.3 Å². The van der Waals surface area contributed by atoms with E-state index in [2.05, 4.69) is 0 Å². The largest absolute Gasteiger partial charge is 0.394 e. The van der Waals surface area contributed by atoms with Crippen LogP contribution in [0.3, 0.4) is 0 Å². The van der Waals surface area contributed by atoms with Gasteiger partial charge < -0.3 is 20.1 Å². The molecule has 4 nitrogen and oxygen atoms in total. The van der Waals surface area contributed by atoms with Crippen LogP contribution in [0.2, 0.25) is 0 Å². The van der Waals surface area contributed by atoms with Crippen molar-refractivity contribution in [3.05, 3.63) is 12.2 Å². The van der Waals surface area contributed by atoms with Crippen LogP contribution in [0.25, 0.3) is 0 Å². The summed E-state index contributed by atoms with van der Waals surface area (Å²) >= 11 is 0. The van der Waals surface area contributed by atoms with Crippen molar-refractivity contribution in [3.8, 4) is 0 Å². The molecule has 0 spiro atoms. The van der Waals surface area contributed by atoms with Crippen LogP contribution in [0, 0.1) is 0 Å². The topological polar surface area (TPSA) is 69.9 Å². The van der Waals surface area contributed by atoms with Gasteiger partial charge in [0.1, 0.15) is 6.10 Å². The van der Waals surface area contributed by atoms with Crippen LogP contribution < -0.4 is 0 Å². The average molecular weight is 162 g/mol. The van der Waals surface area contributed by atoms with E-state index in [4.69, 9.17) is 20.1 Å². The number of allylic oxidation sites excluding steroid dienone is 1. The van der Waals surface area contributed by atoms with Crippen molar-refractivity contribution in [1.82, 2.24) is 0 Å². The van der Waals surface area contributed by atoms with Crippen LogP contribution in [0.5, 0.6) is 0 Å². The lowest BCUT2D eigenvalue weighted by atomic mass is 10.4. The summed E-state index contributed by atoms with van der Waals surface area (Å²) in [5.74, 6) is 0. The SMILES string of the molecule is CC=CC(O)OCC(O)CO. The highest BCUT2D eigenvalue weighted by atomic mass is 16.6. The summed E-state index contributed by atoms with van der Waals surface area (Å²) < 4.78 is 4.69. The molecule has 0 rings (SSSR count). The van der Waals surface area contributed by atoms with E-state index in [1.165, 1.54) is 6.08 Å². The van der Waals surface area contributed by atoms with Crippen molar-refractivity contribution in [2.75, 3.05) is 13.2 Å². The Bertz CT molecular complexity index is 113. The standard InChI is InChI=1S/C7H14O4/c1-2-3-7(10)11-5-6(9)4-8/h2-3,6-10H,4-5H2,1H3. The average Bonchev–Trinajstić information content (AvgIpc) is 2.01.